The van der Waals surface area contributed by atoms with Crippen molar-refractivity contribution < 1.29 is 18.8 Å². The van der Waals surface area contributed by atoms with Gasteiger partial charge >= 0.3 is 5.97 Å². The van der Waals surface area contributed by atoms with E-state index in [4.69, 9.17) is 10.5 Å². The molecule has 22 heavy (non-hydrogen) atoms. The molecule has 2 N–H and O–H groups in total. The normalized spacial score (nSPS) is 11.1. The summed E-state index contributed by atoms with van der Waals surface area (Å²) in [6.45, 7) is 0.734. The number of oxime groups is 1. The highest BCUT2D eigenvalue weighted by Crippen LogP contribution is 2.22. The van der Waals surface area contributed by atoms with Crippen LogP contribution in [0.1, 0.15) is 18.1 Å². The number of hydrogen-bond donors (Lipinski definition) is 1. The number of halogens is 1. The fraction of sp³-hybridized carbons (Fsp3) is 0.125. The van der Waals surface area contributed by atoms with Crippen molar-refractivity contribution in [2.75, 3.05) is 0 Å². The molecule has 0 aliphatic heterocycles. The number of carbonyl (C=O) groups excluding carboxylic acids is 1. The highest BCUT2D eigenvalue weighted by Gasteiger charge is 2.02. The second-order valence-electron chi connectivity index (χ2n) is 4.46. The first-order chi connectivity index (χ1) is 10.6. The first kappa shape index (κ1) is 15.5. The van der Waals surface area contributed by atoms with E-state index in [9.17, 15) is 9.18 Å². The quantitative estimate of drug-likeness (QED) is 0.398. The van der Waals surface area contributed by atoms with Gasteiger partial charge in [-0.2, -0.15) is 0 Å². The molecule has 0 saturated heterocycles. The number of nitrogens with zero attached hydrogens (tertiary/aromatic N) is 1. The third-order valence-corrected chi connectivity index (χ3v) is 2.74. The van der Waals surface area contributed by atoms with Gasteiger partial charge in [0.1, 0.15) is 18.2 Å². The van der Waals surface area contributed by atoms with Crippen molar-refractivity contribution in [3.8, 4) is 11.5 Å². The van der Waals surface area contributed by atoms with E-state index >= 15 is 0 Å². The topological polar surface area (TPSA) is 73.9 Å². The second kappa shape index (κ2) is 7.21. The molecule has 0 aliphatic carbocycles. The molecule has 2 rings (SSSR count). The molecule has 2 aromatic rings. The Balaban J connectivity index is 2.04. The molecule has 0 fully saturated rings. The van der Waals surface area contributed by atoms with Gasteiger partial charge in [-0.15, -0.1) is 0 Å². The standard InChI is InChI=1S/C16H15FN2O3/c1-11(20)22-19-16(18)13-4-8-15(9-5-13)21-14-6-2-12(10-17)3-7-14/h2-9H,10H2,1H3,(H2,18,19). The zero-order chi connectivity index (χ0) is 15.9. The Morgan fingerprint density at radius 3 is 2.14 bits per heavy atom. The average Bonchev–Trinajstić information content (AvgIpc) is 2.54. The van der Waals surface area contributed by atoms with E-state index in [0.717, 1.165) is 0 Å². The van der Waals surface area contributed by atoms with Crippen LogP contribution in [0, 0.1) is 0 Å². The van der Waals surface area contributed by atoms with Gasteiger partial charge < -0.3 is 15.3 Å². The molecule has 0 radical (unpaired) electrons. The van der Waals surface area contributed by atoms with Gasteiger partial charge in [0.05, 0.1) is 0 Å². The van der Waals surface area contributed by atoms with Gasteiger partial charge in [-0.1, -0.05) is 17.3 Å². The number of alkyl halides is 1. The first-order valence-corrected chi connectivity index (χ1v) is 6.52. The monoisotopic (exact) mass is 302 g/mol. The predicted molar refractivity (Wildman–Crippen MR) is 80.3 cm³/mol. The summed E-state index contributed by atoms with van der Waals surface area (Å²) in [6.07, 6.45) is 0. The van der Waals surface area contributed by atoms with E-state index in [1.165, 1.54) is 6.92 Å². The minimum atomic E-state index is -0.542. The van der Waals surface area contributed by atoms with Gasteiger partial charge in [0.25, 0.3) is 0 Å². The van der Waals surface area contributed by atoms with Crippen LogP contribution in [0.5, 0.6) is 11.5 Å². The van der Waals surface area contributed by atoms with Gasteiger partial charge in [-0.3, -0.25) is 0 Å². The Kier molecular flexibility index (Phi) is 5.08. The summed E-state index contributed by atoms with van der Waals surface area (Å²) in [7, 11) is 0. The summed E-state index contributed by atoms with van der Waals surface area (Å²) in [5.41, 5.74) is 6.87. The third-order valence-electron chi connectivity index (χ3n) is 2.74. The Labute approximate surface area is 127 Å². The number of nitrogens with two attached hydrogens (primary N) is 1. The van der Waals surface area contributed by atoms with Crippen molar-refractivity contribution in [2.45, 2.75) is 13.6 Å². The van der Waals surface area contributed by atoms with Crippen molar-refractivity contribution in [1.29, 1.82) is 0 Å². The first-order valence-electron chi connectivity index (χ1n) is 6.52. The highest BCUT2D eigenvalue weighted by molar-refractivity contribution is 5.97. The maximum absolute atomic E-state index is 12.4. The van der Waals surface area contributed by atoms with E-state index in [0.29, 0.717) is 22.6 Å². The van der Waals surface area contributed by atoms with Gasteiger partial charge in [0.2, 0.25) is 0 Å². The van der Waals surface area contributed by atoms with Crippen LogP contribution >= 0.6 is 0 Å². The number of rotatable bonds is 5. The van der Waals surface area contributed by atoms with Gasteiger partial charge in [0.15, 0.2) is 5.84 Å². The van der Waals surface area contributed by atoms with Crippen LogP contribution in [-0.2, 0) is 16.3 Å². The summed E-state index contributed by atoms with van der Waals surface area (Å²) < 4.78 is 18.0. The minimum Gasteiger partial charge on any atom is -0.457 e. The predicted octanol–water partition coefficient (Wildman–Crippen LogP) is 3.13. The van der Waals surface area contributed by atoms with E-state index < -0.39 is 12.6 Å². The van der Waals surface area contributed by atoms with E-state index in [1.807, 2.05) is 0 Å². The molecular formula is C16H15FN2O3. The fourth-order valence-corrected chi connectivity index (χ4v) is 1.64. The molecule has 6 heteroatoms. The smallest absolute Gasteiger partial charge is 0.332 e. The zero-order valence-corrected chi connectivity index (χ0v) is 12.0. The SMILES string of the molecule is CC(=O)O/N=C(\N)c1ccc(Oc2ccc(CF)cc2)cc1. The summed E-state index contributed by atoms with van der Waals surface area (Å²) in [5, 5.41) is 3.50. The van der Waals surface area contributed by atoms with Crippen molar-refractivity contribution >= 4 is 11.8 Å². The van der Waals surface area contributed by atoms with Crippen LogP contribution < -0.4 is 10.5 Å². The van der Waals surface area contributed by atoms with Crippen LogP contribution in [0.2, 0.25) is 0 Å². The molecule has 0 atom stereocenters. The van der Waals surface area contributed by atoms with Crippen molar-refractivity contribution in [2.24, 2.45) is 10.9 Å². The fourth-order valence-electron chi connectivity index (χ4n) is 1.64. The Morgan fingerprint density at radius 1 is 1.09 bits per heavy atom. The Hall–Kier alpha value is -2.89. The molecule has 0 aliphatic rings. The number of benzene rings is 2. The minimum absolute atomic E-state index is 0.0917. The summed E-state index contributed by atoms with van der Waals surface area (Å²) >= 11 is 0. The third kappa shape index (κ3) is 4.31. The summed E-state index contributed by atoms with van der Waals surface area (Å²) in [6, 6.07) is 13.5. The van der Waals surface area contributed by atoms with Crippen molar-refractivity contribution in [3.05, 3.63) is 59.7 Å². The average molecular weight is 302 g/mol. The van der Waals surface area contributed by atoms with Crippen LogP contribution in [-0.4, -0.2) is 11.8 Å². The van der Waals surface area contributed by atoms with Gasteiger partial charge in [0, 0.05) is 12.5 Å². The van der Waals surface area contributed by atoms with Crippen LogP contribution in [0.15, 0.2) is 53.7 Å². The second-order valence-corrected chi connectivity index (χ2v) is 4.46. The van der Waals surface area contributed by atoms with E-state index in [2.05, 4.69) is 9.99 Å². The Bertz CT molecular complexity index is 667. The molecule has 0 aromatic heterocycles. The molecule has 114 valence electrons. The van der Waals surface area contributed by atoms with Gasteiger partial charge in [-0.05, 0) is 42.0 Å². The Morgan fingerprint density at radius 2 is 1.64 bits per heavy atom. The zero-order valence-electron chi connectivity index (χ0n) is 12.0. The maximum Gasteiger partial charge on any atom is 0.332 e. The molecular weight excluding hydrogens is 287 g/mol. The maximum atomic E-state index is 12.4. The lowest BCUT2D eigenvalue weighted by atomic mass is 10.2. The lowest BCUT2D eigenvalue weighted by molar-refractivity contribution is -0.140. The molecule has 5 nitrogen and oxygen atoms in total. The lowest BCUT2D eigenvalue weighted by Crippen LogP contribution is -2.14. The summed E-state index contributed by atoms with van der Waals surface area (Å²) in [5.74, 6) is 0.747. The van der Waals surface area contributed by atoms with E-state index in [1.54, 1.807) is 48.5 Å². The van der Waals surface area contributed by atoms with Crippen LogP contribution in [0.4, 0.5) is 4.39 Å². The molecule has 0 unspecified atom stereocenters. The largest absolute Gasteiger partial charge is 0.457 e. The molecule has 0 bridgehead atoms. The van der Waals surface area contributed by atoms with Gasteiger partial charge in [-0.25, -0.2) is 9.18 Å². The number of hydrogen-bond acceptors (Lipinski definition) is 4. The van der Waals surface area contributed by atoms with Crippen molar-refractivity contribution in [1.82, 2.24) is 0 Å². The van der Waals surface area contributed by atoms with Crippen molar-refractivity contribution in [3.63, 3.8) is 0 Å². The molecule has 2 aromatic carbocycles. The van der Waals surface area contributed by atoms with E-state index in [-0.39, 0.29) is 5.84 Å². The molecule has 0 spiro atoms. The molecule has 0 amide bonds. The van der Waals surface area contributed by atoms with Crippen LogP contribution in [0.25, 0.3) is 0 Å². The number of amidine groups is 1. The molecule has 0 heterocycles. The lowest BCUT2D eigenvalue weighted by Gasteiger charge is -2.07. The van der Waals surface area contributed by atoms with Crippen LogP contribution in [0.3, 0.4) is 0 Å². The number of ether oxygens (including phenoxy) is 1. The molecule has 0 saturated carbocycles. The summed E-state index contributed by atoms with van der Waals surface area (Å²) in [4.78, 5) is 15.1. The number of carbonyl (C=O) groups is 1. The highest BCUT2D eigenvalue weighted by atomic mass is 19.1.